The zero-order chi connectivity index (χ0) is 21.0. The van der Waals surface area contributed by atoms with Gasteiger partial charge in [-0.15, -0.1) is 0 Å². The smallest absolute Gasteiger partial charge is 0.257 e. The highest BCUT2D eigenvalue weighted by atomic mass is 79.9. The van der Waals surface area contributed by atoms with Crippen molar-refractivity contribution in [1.29, 1.82) is 0 Å². The average Bonchev–Trinajstić information content (AvgIpc) is 3.10. The Labute approximate surface area is 179 Å². The number of hydrogen-bond acceptors (Lipinski definition) is 4. The van der Waals surface area contributed by atoms with Gasteiger partial charge < -0.3 is 14.4 Å². The fourth-order valence-electron chi connectivity index (χ4n) is 3.10. The summed E-state index contributed by atoms with van der Waals surface area (Å²) in [5.74, 6) is 1.27. The molecule has 0 unspecified atom stereocenters. The van der Waals surface area contributed by atoms with Gasteiger partial charge in [0.15, 0.2) is 11.5 Å². The maximum Gasteiger partial charge on any atom is 0.257 e. The Bertz CT molecular complexity index is 999. The Morgan fingerprint density at radius 3 is 2.55 bits per heavy atom. The van der Waals surface area contributed by atoms with E-state index >= 15 is 0 Å². The van der Waals surface area contributed by atoms with Crippen molar-refractivity contribution in [2.45, 2.75) is 20.4 Å². The number of ether oxygens (including phenoxy) is 2. The van der Waals surface area contributed by atoms with Crippen LogP contribution in [0.2, 0.25) is 0 Å². The molecule has 1 heterocycles. The number of carbonyl (C=O) groups excluding carboxylic acids is 1. The minimum Gasteiger partial charge on any atom is -0.493 e. The molecule has 0 atom stereocenters. The Morgan fingerprint density at radius 2 is 1.90 bits per heavy atom. The number of hydrogen-bond donors (Lipinski definition) is 0. The fourth-order valence-corrected chi connectivity index (χ4v) is 3.36. The minimum atomic E-state index is -0.0845. The van der Waals surface area contributed by atoms with Crippen LogP contribution in [0.15, 0.2) is 53.1 Å². The van der Waals surface area contributed by atoms with E-state index in [0.29, 0.717) is 30.2 Å². The Balaban J connectivity index is 1.78. The topological polar surface area (TPSA) is 56.6 Å². The van der Waals surface area contributed by atoms with E-state index in [0.717, 1.165) is 21.4 Å². The van der Waals surface area contributed by atoms with Crippen LogP contribution in [-0.2, 0) is 6.54 Å². The second kappa shape index (κ2) is 9.13. The van der Waals surface area contributed by atoms with Gasteiger partial charge in [0.05, 0.1) is 36.9 Å². The molecule has 7 heteroatoms. The van der Waals surface area contributed by atoms with Crippen LogP contribution in [-0.4, -0.2) is 41.4 Å². The monoisotopic (exact) mass is 457 g/mol. The summed E-state index contributed by atoms with van der Waals surface area (Å²) in [5.41, 5.74) is 3.24. The highest BCUT2D eigenvalue weighted by Gasteiger charge is 2.19. The summed E-state index contributed by atoms with van der Waals surface area (Å²) in [7, 11) is 3.39. The molecule has 0 N–H and O–H groups in total. The lowest BCUT2D eigenvalue weighted by Gasteiger charge is -2.18. The van der Waals surface area contributed by atoms with E-state index in [-0.39, 0.29) is 5.91 Å². The van der Waals surface area contributed by atoms with Crippen molar-refractivity contribution in [3.63, 3.8) is 0 Å². The maximum absolute atomic E-state index is 13.0. The van der Waals surface area contributed by atoms with E-state index in [9.17, 15) is 4.79 Å². The van der Waals surface area contributed by atoms with Crippen molar-refractivity contribution in [1.82, 2.24) is 14.7 Å². The molecule has 6 nitrogen and oxygen atoms in total. The molecule has 0 spiro atoms. The number of halogens is 1. The van der Waals surface area contributed by atoms with Crippen LogP contribution in [0.4, 0.5) is 0 Å². The van der Waals surface area contributed by atoms with Gasteiger partial charge in [-0.25, -0.2) is 4.68 Å². The zero-order valence-electron chi connectivity index (χ0n) is 17.0. The summed E-state index contributed by atoms with van der Waals surface area (Å²) in [6.45, 7) is 4.84. The first-order valence-electron chi connectivity index (χ1n) is 9.30. The van der Waals surface area contributed by atoms with Crippen molar-refractivity contribution < 1.29 is 14.3 Å². The predicted molar refractivity (Wildman–Crippen MR) is 116 cm³/mol. The molecule has 0 aliphatic rings. The highest BCUT2D eigenvalue weighted by Crippen LogP contribution is 2.28. The molecular weight excluding hydrogens is 434 g/mol. The summed E-state index contributed by atoms with van der Waals surface area (Å²) in [6, 6.07) is 13.5. The molecule has 0 fully saturated rings. The van der Waals surface area contributed by atoms with Crippen molar-refractivity contribution in [3.05, 3.63) is 70.0 Å². The summed E-state index contributed by atoms with van der Waals surface area (Å²) in [4.78, 5) is 14.7. The Kier molecular flexibility index (Phi) is 6.59. The minimum absolute atomic E-state index is 0.0845. The molecule has 0 bridgehead atoms. The quantitative estimate of drug-likeness (QED) is 0.519. The Morgan fingerprint density at radius 1 is 1.17 bits per heavy atom. The first kappa shape index (κ1) is 20.9. The second-order valence-corrected chi connectivity index (χ2v) is 7.53. The average molecular weight is 458 g/mol. The number of methoxy groups -OCH3 is 1. The lowest BCUT2D eigenvalue weighted by molar-refractivity contribution is 0.0784. The molecule has 3 aromatic rings. The summed E-state index contributed by atoms with van der Waals surface area (Å²) in [5, 5.41) is 4.40. The third kappa shape index (κ3) is 4.62. The van der Waals surface area contributed by atoms with E-state index in [1.165, 1.54) is 0 Å². The summed E-state index contributed by atoms with van der Waals surface area (Å²) < 4.78 is 13.7. The third-order valence-corrected chi connectivity index (χ3v) is 5.13. The fraction of sp³-hybridized carbons (Fsp3) is 0.273. The van der Waals surface area contributed by atoms with Crippen LogP contribution >= 0.6 is 15.9 Å². The molecule has 0 aliphatic carbocycles. The van der Waals surface area contributed by atoms with E-state index in [2.05, 4.69) is 21.0 Å². The zero-order valence-corrected chi connectivity index (χ0v) is 18.6. The molecule has 152 valence electrons. The SMILES string of the molecule is CCOc1ccc(CN(C)C(=O)c2cnn(-c3ccc(Br)cc3)c2C)cc1OC. The van der Waals surface area contributed by atoms with Crippen molar-refractivity contribution in [2.75, 3.05) is 20.8 Å². The molecule has 0 radical (unpaired) electrons. The van der Waals surface area contributed by atoms with Gasteiger partial charge in [-0.05, 0) is 55.8 Å². The van der Waals surface area contributed by atoms with Gasteiger partial charge >= 0.3 is 0 Å². The van der Waals surface area contributed by atoms with Crippen molar-refractivity contribution >= 4 is 21.8 Å². The second-order valence-electron chi connectivity index (χ2n) is 6.61. The van der Waals surface area contributed by atoms with Crippen LogP contribution < -0.4 is 9.47 Å². The number of aromatic nitrogens is 2. The molecular formula is C22H24BrN3O3. The molecule has 0 saturated carbocycles. The first-order valence-corrected chi connectivity index (χ1v) is 10.1. The number of benzene rings is 2. The molecule has 2 aromatic carbocycles. The van der Waals surface area contributed by atoms with Crippen LogP contribution in [0.5, 0.6) is 11.5 Å². The van der Waals surface area contributed by atoms with Gasteiger partial charge in [-0.3, -0.25) is 4.79 Å². The van der Waals surface area contributed by atoms with Crippen LogP contribution in [0.3, 0.4) is 0 Å². The highest BCUT2D eigenvalue weighted by molar-refractivity contribution is 9.10. The largest absolute Gasteiger partial charge is 0.493 e. The summed E-state index contributed by atoms with van der Waals surface area (Å²) >= 11 is 3.43. The lowest BCUT2D eigenvalue weighted by atomic mass is 10.1. The number of amides is 1. The maximum atomic E-state index is 13.0. The number of carbonyl (C=O) groups is 1. The predicted octanol–water partition coefficient (Wildman–Crippen LogP) is 4.62. The molecule has 29 heavy (non-hydrogen) atoms. The molecule has 3 rings (SSSR count). The van der Waals surface area contributed by atoms with Gasteiger partial charge in [-0.1, -0.05) is 22.0 Å². The van der Waals surface area contributed by atoms with Gasteiger partial charge in [0.2, 0.25) is 0 Å². The van der Waals surface area contributed by atoms with Gasteiger partial charge in [0, 0.05) is 18.1 Å². The van der Waals surface area contributed by atoms with Crippen LogP contribution in [0.25, 0.3) is 5.69 Å². The standard InChI is InChI=1S/C22H24BrN3O3/c1-5-29-20-11-6-16(12-21(20)28-4)14-25(3)22(27)19-13-24-26(15(19)2)18-9-7-17(23)8-10-18/h6-13H,5,14H2,1-4H3. The van der Waals surface area contributed by atoms with Gasteiger partial charge in [-0.2, -0.15) is 5.10 Å². The normalized spacial score (nSPS) is 10.7. The number of nitrogens with zero attached hydrogens (tertiary/aromatic N) is 3. The molecule has 1 aromatic heterocycles. The first-order chi connectivity index (χ1) is 13.9. The molecule has 0 aliphatic heterocycles. The van der Waals surface area contributed by atoms with Crippen LogP contribution in [0, 0.1) is 6.92 Å². The summed E-state index contributed by atoms with van der Waals surface area (Å²) in [6.07, 6.45) is 1.62. The molecule has 1 amide bonds. The molecule has 0 saturated heterocycles. The van der Waals surface area contributed by atoms with E-state index < -0.39 is 0 Å². The van der Waals surface area contributed by atoms with Gasteiger partial charge in [0.1, 0.15) is 0 Å². The van der Waals surface area contributed by atoms with E-state index in [1.807, 2.05) is 56.3 Å². The number of rotatable bonds is 7. The van der Waals surface area contributed by atoms with E-state index in [1.54, 1.807) is 29.9 Å². The van der Waals surface area contributed by atoms with Crippen LogP contribution in [0.1, 0.15) is 28.5 Å². The van der Waals surface area contributed by atoms with Crippen molar-refractivity contribution in [2.24, 2.45) is 0 Å². The van der Waals surface area contributed by atoms with Gasteiger partial charge in [0.25, 0.3) is 5.91 Å². The lowest BCUT2D eigenvalue weighted by Crippen LogP contribution is -2.26. The van der Waals surface area contributed by atoms with Crippen molar-refractivity contribution in [3.8, 4) is 17.2 Å². The Hall–Kier alpha value is -2.80. The van der Waals surface area contributed by atoms with E-state index in [4.69, 9.17) is 9.47 Å². The third-order valence-electron chi connectivity index (χ3n) is 4.61.